The molecule has 116 valence electrons. The van der Waals surface area contributed by atoms with Gasteiger partial charge in [0.25, 0.3) is 0 Å². The number of likely N-dealkylation sites (tertiary alicyclic amines) is 1. The number of carbonyl (C=O) groups excluding carboxylic acids is 1. The third-order valence-electron chi connectivity index (χ3n) is 4.07. The van der Waals surface area contributed by atoms with Crippen LogP contribution >= 0.6 is 11.6 Å². The summed E-state index contributed by atoms with van der Waals surface area (Å²) >= 11 is 5.94. The summed E-state index contributed by atoms with van der Waals surface area (Å²) in [6.45, 7) is 1.89. The van der Waals surface area contributed by atoms with Gasteiger partial charge in [-0.15, -0.1) is 0 Å². The molecule has 1 atom stereocenters. The van der Waals surface area contributed by atoms with Gasteiger partial charge in [-0.2, -0.15) is 0 Å². The normalized spacial score (nSPS) is 19.3. The zero-order chi connectivity index (χ0) is 15.2. The lowest BCUT2D eigenvalue weighted by molar-refractivity contribution is 0.162. The van der Waals surface area contributed by atoms with Gasteiger partial charge in [0.15, 0.2) is 5.15 Å². The number of hydrogen-bond acceptors (Lipinski definition) is 3. The number of rotatable bonds is 4. The number of urea groups is 1. The van der Waals surface area contributed by atoms with Gasteiger partial charge in [-0.1, -0.05) is 18.0 Å². The van der Waals surface area contributed by atoms with E-state index in [9.17, 15) is 4.79 Å². The molecule has 0 aliphatic carbocycles. The molecule has 1 aromatic rings. The first-order chi connectivity index (χ1) is 10.1. The van der Waals surface area contributed by atoms with E-state index in [1.165, 1.54) is 19.3 Å². The van der Waals surface area contributed by atoms with Gasteiger partial charge in [-0.05, 0) is 45.0 Å². The van der Waals surface area contributed by atoms with Gasteiger partial charge in [-0.3, -0.25) is 0 Å². The van der Waals surface area contributed by atoms with Crippen molar-refractivity contribution in [1.82, 2.24) is 14.8 Å². The summed E-state index contributed by atoms with van der Waals surface area (Å²) in [5.74, 6) is 0. The van der Waals surface area contributed by atoms with Crippen molar-refractivity contribution in [1.29, 1.82) is 0 Å². The Morgan fingerprint density at radius 1 is 1.57 bits per heavy atom. The quantitative estimate of drug-likeness (QED) is 0.869. The standard InChI is InChI=1S/C15H23ClN4O/c1-19-10-4-3-6-12(19)8-11-20(2)15(21)18-13-7-5-9-17-14(13)16/h5,7,9,12H,3-4,6,8,10-11H2,1-2H3,(H,18,21)/t12-/m1/s1. The molecule has 0 bridgehead atoms. The number of anilines is 1. The predicted molar refractivity (Wildman–Crippen MR) is 85.8 cm³/mol. The monoisotopic (exact) mass is 310 g/mol. The Labute approximate surface area is 131 Å². The Morgan fingerprint density at radius 3 is 3.10 bits per heavy atom. The molecule has 1 aliphatic rings. The number of hydrogen-bond donors (Lipinski definition) is 1. The highest BCUT2D eigenvalue weighted by Gasteiger charge is 2.20. The number of piperidine rings is 1. The number of aromatic nitrogens is 1. The first kappa shape index (κ1) is 16.0. The van der Waals surface area contributed by atoms with E-state index in [2.05, 4.69) is 22.2 Å². The van der Waals surface area contributed by atoms with E-state index >= 15 is 0 Å². The van der Waals surface area contributed by atoms with Crippen LogP contribution in [-0.2, 0) is 0 Å². The molecule has 0 saturated carbocycles. The summed E-state index contributed by atoms with van der Waals surface area (Å²) < 4.78 is 0. The number of carbonyl (C=O) groups is 1. The largest absolute Gasteiger partial charge is 0.328 e. The highest BCUT2D eigenvalue weighted by molar-refractivity contribution is 6.32. The molecule has 0 radical (unpaired) electrons. The molecule has 2 amide bonds. The van der Waals surface area contributed by atoms with E-state index in [0.29, 0.717) is 16.9 Å². The lowest BCUT2D eigenvalue weighted by atomic mass is 10.00. The van der Waals surface area contributed by atoms with Crippen LogP contribution in [0.2, 0.25) is 5.15 Å². The maximum absolute atomic E-state index is 12.1. The maximum atomic E-state index is 12.1. The van der Waals surface area contributed by atoms with Gasteiger partial charge in [0, 0.05) is 25.8 Å². The van der Waals surface area contributed by atoms with E-state index in [-0.39, 0.29) is 6.03 Å². The number of nitrogens with zero attached hydrogens (tertiary/aromatic N) is 3. The Bertz CT molecular complexity index is 482. The second kappa shape index (κ2) is 7.61. The Balaban J connectivity index is 1.81. The molecular formula is C15H23ClN4O. The molecule has 1 aliphatic heterocycles. The summed E-state index contributed by atoms with van der Waals surface area (Å²) in [6, 6.07) is 3.92. The molecule has 6 heteroatoms. The van der Waals surface area contributed by atoms with Crippen LogP contribution in [0.1, 0.15) is 25.7 Å². The van der Waals surface area contributed by atoms with Gasteiger partial charge >= 0.3 is 6.03 Å². The fraction of sp³-hybridized carbons (Fsp3) is 0.600. The summed E-state index contributed by atoms with van der Waals surface area (Å²) in [4.78, 5) is 20.2. The van der Waals surface area contributed by atoms with Crippen LogP contribution in [0.25, 0.3) is 0 Å². The van der Waals surface area contributed by atoms with Gasteiger partial charge < -0.3 is 15.1 Å². The fourth-order valence-corrected chi connectivity index (χ4v) is 2.81. The van der Waals surface area contributed by atoms with Gasteiger partial charge in [-0.25, -0.2) is 9.78 Å². The highest BCUT2D eigenvalue weighted by atomic mass is 35.5. The average Bonchev–Trinajstić information content (AvgIpc) is 2.48. The Kier molecular flexibility index (Phi) is 5.82. The van der Waals surface area contributed by atoms with Crippen molar-refractivity contribution in [2.75, 3.05) is 32.5 Å². The molecule has 5 nitrogen and oxygen atoms in total. The fourth-order valence-electron chi connectivity index (χ4n) is 2.64. The van der Waals surface area contributed by atoms with E-state index in [4.69, 9.17) is 11.6 Å². The minimum absolute atomic E-state index is 0.150. The number of amides is 2. The summed E-state index contributed by atoms with van der Waals surface area (Å²) in [5, 5.41) is 3.10. The zero-order valence-electron chi connectivity index (χ0n) is 12.7. The maximum Gasteiger partial charge on any atom is 0.321 e. The average molecular weight is 311 g/mol. The zero-order valence-corrected chi connectivity index (χ0v) is 13.4. The minimum Gasteiger partial charge on any atom is -0.328 e. The van der Waals surface area contributed by atoms with Crippen LogP contribution in [0, 0.1) is 0 Å². The lowest BCUT2D eigenvalue weighted by Crippen LogP contribution is -2.40. The van der Waals surface area contributed by atoms with Gasteiger partial charge in [0.2, 0.25) is 0 Å². The van der Waals surface area contributed by atoms with Crippen molar-refractivity contribution < 1.29 is 4.79 Å². The van der Waals surface area contributed by atoms with Crippen LogP contribution in [-0.4, -0.2) is 54.0 Å². The molecule has 1 fully saturated rings. The van der Waals surface area contributed by atoms with Crippen molar-refractivity contribution in [3.05, 3.63) is 23.5 Å². The molecule has 0 unspecified atom stereocenters. The second-order valence-corrected chi connectivity index (χ2v) is 5.97. The van der Waals surface area contributed by atoms with Crippen molar-refractivity contribution in [3.63, 3.8) is 0 Å². The summed E-state index contributed by atoms with van der Waals surface area (Å²) in [6.07, 6.45) is 6.39. The molecule has 1 aromatic heterocycles. The summed E-state index contributed by atoms with van der Waals surface area (Å²) in [5.41, 5.74) is 0.547. The molecule has 1 N–H and O–H groups in total. The molecule has 0 spiro atoms. The van der Waals surface area contributed by atoms with Crippen molar-refractivity contribution >= 4 is 23.3 Å². The Hall–Kier alpha value is -1.33. The van der Waals surface area contributed by atoms with Crippen molar-refractivity contribution in [3.8, 4) is 0 Å². The summed E-state index contributed by atoms with van der Waals surface area (Å²) in [7, 11) is 3.97. The molecular weight excluding hydrogens is 288 g/mol. The minimum atomic E-state index is -0.150. The third-order valence-corrected chi connectivity index (χ3v) is 4.37. The molecule has 2 rings (SSSR count). The van der Waals surface area contributed by atoms with Crippen LogP contribution in [0.3, 0.4) is 0 Å². The van der Waals surface area contributed by atoms with Crippen molar-refractivity contribution in [2.24, 2.45) is 0 Å². The highest BCUT2D eigenvalue weighted by Crippen LogP contribution is 2.19. The van der Waals surface area contributed by atoms with Crippen LogP contribution in [0.5, 0.6) is 0 Å². The SMILES string of the molecule is CN(CC[C@H]1CCCCN1C)C(=O)Nc1cccnc1Cl. The smallest absolute Gasteiger partial charge is 0.321 e. The van der Waals surface area contributed by atoms with E-state index in [0.717, 1.165) is 19.5 Å². The van der Waals surface area contributed by atoms with Gasteiger partial charge in [0.05, 0.1) is 5.69 Å². The van der Waals surface area contributed by atoms with E-state index in [1.807, 2.05) is 7.05 Å². The molecule has 0 aromatic carbocycles. The molecule has 2 heterocycles. The first-order valence-corrected chi connectivity index (χ1v) is 7.78. The number of pyridine rings is 1. The Morgan fingerprint density at radius 2 is 2.38 bits per heavy atom. The lowest BCUT2D eigenvalue weighted by Gasteiger charge is -2.33. The molecule has 21 heavy (non-hydrogen) atoms. The van der Waals surface area contributed by atoms with E-state index < -0.39 is 0 Å². The third kappa shape index (κ3) is 4.58. The molecule has 1 saturated heterocycles. The van der Waals surface area contributed by atoms with Crippen LogP contribution in [0.4, 0.5) is 10.5 Å². The van der Waals surface area contributed by atoms with Crippen LogP contribution < -0.4 is 5.32 Å². The van der Waals surface area contributed by atoms with E-state index in [1.54, 1.807) is 23.2 Å². The topological polar surface area (TPSA) is 48.5 Å². The van der Waals surface area contributed by atoms with Gasteiger partial charge in [0.1, 0.15) is 0 Å². The predicted octanol–water partition coefficient (Wildman–Crippen LogP) is 3.07. The number of halogens is 1. The van der Waals surface area contributed by atoms with Crippen LogP contribution in [0.15, 0.2) is 18.3 Å². The van der Waals surface area contributed by atoms with Crippen molar-refractivity contribution in [2.45, 2.75) is 31.7 Å². The number of nitrogens with one attached hydrogen (secondary N) is 1. The second-order valence-electron chi connectivity index (χ2n) is 5.61. The first-order valence-electron chi connectivity index (χ1n) is 7.41.